The second kappa shape index (κ2) is 7.35. The Bertz CT molecular complexity index is 747. The van der Waals surface area contributed by atoms with Crippen LogP contribution in [0.25, 0.3) is 0 Å². The van der Waals surface area contributed by atoms with Crippen LogP contribution in [-0.2, 0) is 16.1 Å². The number of fused-ring (bicyclic) bond motifs is 1. The lowest BCUT2D eigenvalue weighted by molar-refractivity contribution is -0.125. The number of para-hydroxylation sites is 2. The van der Waals surface area contributed by atoms with E-state index < -0.39 is 12.0 Å². The number of ether oxygens (including phenoxy) is 1. The highest BCUT2D eigenvalue weighted by Gasteiger charge is 2.32. The van der Waals surface area contributed by atoms with Gasteiger partial charge in [-0.2, -0.15) is 5.10 Å². The van der Waals surface area contributed by atoms with Gasteiger partial charge in [0.1, 0.15) is 5.75 Å². The summed E-state index contributed by atoms with van der Waals surface area (Å²) in [6.45, 7) is 2.89. The van der Waals surface area contributed by atoms with Gasteiger partial charge in [0.2, 0.25) is 5.91 Å². The molecule has 0 fully saturated rings. The fourth-order valence-electron chi connectivity index (χ4n) is 2.73. The van der Waals surface area contributed by atoms with Gasteiger partial charge in [-0.05, 0) is 25.1 Å². The number of nitrogens with two attached hydrogens (primary N) is 1. The minimum Gasteiger partial charge on any atom is -0.477 e. The molecule has 0 aliphatic carbocycles. The van der Waals surface area contributed by atoms with Gasteiger partial charge in [0.15, 0.2) is 6.10 Å². The maximum absolute atomic E-state index is 12.7. The van der Waals surface area contributed by atoms with Crippen molar-refractivity contribution >= 4 is 17.5 Å². The summed E-state index contributed by atoms with van der Waals surface area (Å²) in [5, 5.41) is 7.33. The summed E-state index contributed by atoms with van der Waals surface area (Å²) >= 11 is 0. The highest BCUT2D eigenvalue weighted by Crippen LogP contribution is 2.32. The van der Waals surface area contributed by atoms with Gasteiger partial charge in [0.25, 0.3) is 5.91 Å². The van der Waals surface area contributed by atoms with Crippen LogP contribution >= 0.6 is 0 Å². The normalized spacial score (nSPS) is 17.5. The van der Waals surface area contributed by atoms with Crippen molar-refractivity contribution in [2.75, 3.05) is 18.0 Å². The number of rotatable bonds is 6. The molecule has 0 saturated carbocycles. The molecule has 2 atom stereocenters. The molecule has 1 aliphatic rings. The van der Waals surface area contributed by atoms with Gasteiger partial charge < -0.3 is 20.7 Å². The van der Waals surface area contributed by atoms with Gasteiger partial charge in [-0.3, -0.25) is 14.3 Å². The molecule has 2 amide bonds. The van der Waals surface area contributed by atoms with Gasteiger partial charge in [-0.25, -0.2) is 0 Å². The Morgan fingerprint density at radius 1 is 1.40 bits per heavy atom. The van der Waals surface area contributed by atoms with Crippen LogP contribution in [-0.4, -0.2) is 46.8 Å². The number of primary amides is 1. The summed E-state index contributed by atoms with van der Waals surface area (Å²) in [5.74, 6) is -0.253. The Hall–Kier alpha value is -2.87. The number of carbonyl (C=O) groups is 2. The highest BCUT2D eigenvalue weighted by atomic mass is 16.5. The monoisotopic (exact) mass is 343 g/mol. The Morgan fingerprint density at radius 3 is 2.92 bits per heavy atom. The maximum atomic E-state index is 12.7. The lowest BCUT2D eigenvalue weighted by Crippen LogP contribution is -2.51. The summed E-state index contributed by atoms with van der Waals surface area (Å²) in [6.07, 6.45) is 2.74. The lowest BCUT2D eigenvalue weighted by Gasteiger charge is -2.33. The molecule has 1 aromatic carbocycles. The smallest absolute Gasteiger partial charge is 0.260 e. The van der Waals surface area contributed by atoms with Crippen LogP contribution in [0.5, 0.6) is 5.75 Å². The molecule has 8 heteroatoms. The third-order valence-corrected chi connectivity index (χ3v) is 4.01. The zero-order chi connectivity index (χ0) is 17.8. The van der Waals surface area contributed by atoms with E-state index in [1.54, 1.807) is 34.0 Å². The predicted octanol–water partition coefficient (Wildman–Crippen LogP) is 0.141. The predicted molar refractivity (Wildman–Crippen MR) is 92.1 cm³/mol. The zero-order valence-corrected chi connectivity index (χ0v) is 14.0. The molecule has 0 unspecified atom stereocenters. The van der Waals surface area contributed by atoms with E-state index in [0.29, 0.717) is 18.0 Å². The van der Waals surface area contributed by atoms with Gasteiger partial charge in [-0.1, -0.05) is 12.1 Å². The summed E-state index contributed by atoms with van der Waals surface area (Å²) in [4.78, 5) is 25.7. The van der Waals surface area contributed by atoms with Gasteiger partial charge in [0, 0.05) is 18.4 Å². The van der Waals surface area contributed by atoms with E-state index in [4.69, 9.17) is 10.5 Å². The second-order valence-corrected chi connectivity index (χ2v) is 5.99. The number of anilines is 1. The standard InChI is InChI=1S/C17H21N5O3/c1-12(10-21-8-4-7-20-21)19-9-16(23)22-11-15(17(18)24)25-14-6-3-2-5-13(14)22/h2-8,12,15,19H,9-11H2,1H3,(H2,18,24)/t12-,15+/m0/s1. The summed E-state index contributed by atoms with van der Waals surface area (Å²) < 4.78 is 7.37. The fourth-order valence-corrected chi connectivity index (χ4v) is 2.73. The number of hydrogen-bond acceptors (Lipinski definition) is 5. The summed E-state index contributed by atoms with van der Waals surface area (Å²) in [7, 11) is 0. The molecule has 2 aromatic rings. The van der Waals surface area contributed by atoms with E-state index in [9.17, 15) is 9.59 Å². The number of hydrogen-bond donors (Lipinski definition) is 2. The summed E-state index contributed by atoms with van der Waals surface area (Å²) in [5.41, 5.74) is 6.00. The summed E-state index contributed by atoms with van der Waals surface area (Å²) in [6, 6.07) is 9.03. The molecule has 3 N–H and O–H groups in total. The maximum Gasteiger partial charge on any atom is 0.260 e. The largest absolute Gasteiger partial charge is 0.477 e. The number of amides is 2. The highest BCUT2D eigenvalue weighted by molar-refractivity contribution is 5.98. The Kier molecular flexibility index (Phi) is 4.99. The molecule has 132 valence electrons. The van der Waals surface area contributed by atoms with Crippen molar-refractivity contribution < 1.29 is 14.3 Å². The van der Waals surface area contributed by atoms with Crippen LogP contribution in [0.4, 0.5) is 5.69 Å². The molecule has 1 aromatic heterocycles. The van der Waals surface area contributed by atoms with E-state index in [1.165, 1.54) is 0 Å². The first-order valence-electron chi connectivity index (χ1n) is 8.11. The molecule has 0 saturated heterocycles. The average Bonchev–Trinajstić information content (AvgIpc) is 3.11. The number of aromatic nitrogens is 2. The molecule has 3 rings (SSSR count). The quantitative estimate of drug-likeness (QED) is 0.777. The first-order chi connectivity index (χ1) is 12.0. The van der Waals surface area contributed by atoms with Crippen molar-refractivity contribution in [3.8, 4) is 5.75 Å². The van der Waals surface area contributed by atoms with Crippen molar-refractivity contribution in [2.24, 2.45) is 5.73 Å². The van der Waals surface area contributed by atoms with Crippen molar-refractivity contribution in [3.05, 3.63) is 42.7 Å². The van der Waals surface area contributed by atoms with E-state index in [2.05, 4.69) is 10.4 Å². The first-order valence-corrected chi connectivity index (χ1v) is 8.11. The van der Waals surface area contributed by atoms with Crippen molar-refractivity contribution in [2.45, 2.75) is 25.6 Å². The molecule has 2 heterocycles. The molecular formula is C17H21N5O3. The fraction of sp³-hybridized carbons (Fsp3) is 0.353. The minimum absolute atomic E-state index is 0.0621. The molecule has 1 aliphatic heterocycles. The topological polar surface area (TPSA) is 102 Å². The number of carbonyl (C=O) groups excluding carboxylic acids is 2. The first kappa shape index (κ1) is 17.0. The molecule has 0 radical (unpaired) electrons. The molecule has 8 nitrogen and oxygen atoms in total. The number of nitrogens with one attached hydrogen (secondary N) is 1. The molecular weight excluding hydrogens is 322 g/mol. The molecule has 25 heavy (non-hydrogen) atoms. The van der Waals surface area contributed by atoms with E-state index in [1.807, 2.05) is 25.3 Å². The van der Waals surface area contributed by atoms with Crippen LogP contribution in [0.3, 0.4) is 0 Å². The molecule has 0 spiro atoms. The third-order valence-electron chi connectivity index (χ3n) is 4.01. The van der Waals surface area contributed by atoms with Crippen molar-refractivity contribution in [1.29, 1.82) is 0 Å². The van der Waals surface area contributed by atoms with Gasteiger partial charge in [-0.15, -0.1) is 0 Å². The van der Waals surface area contributed by atoms with Crippen LogP contribution < -0.4 is 20.7 Å². The Morgan fingerprint density at radius 2 is 2.20 bits per heavy atom. The lowest BCUT2D eigenvalue weighted by atomic mass is 10.1. The van der Waals surface area contributed by atoms with Crippen molar-refractivity contribution in [3.63, 3.8) is 0 Å². The van der Waals surface area contributed by atoms with E-state index >= 15 is 0 Å². The zero-order valence-electron chi connectivity index (χ0n) is 14.0. The minimum atomic E-state index is -0.847. The number of benzene rings is 1. The average molecular weight is 343 g/mol. The Balaban J connectivity index is 1.65. The van der Waals surface area contributed by atoms with E-state index in [-0.39, 0.29) is 25.0 Å². The SMILES string of the molecule is C[C@@H](Cn1cccn1)NCC(=O)N1C[C@H](C(N)=O)Oc2ccccc21. The molecule has 0 bridgehead atoms. The van der Waals surface area contributed by atoms with E-state index in [0.717, 1.165) is 0 Å². The van der Waals surface area contributed by atoms with Crippen LogP contribution in [0.2, 0.25) is 0 Å². The second-order valence-electron chi connectivity index (χ2n) is 5.99. The van der Waals surface area contributed by atoms with Gasteiger partial charge in [0.05, 0.1) is 25.3 Å². The van der Waals surface area contributed by atoms with Crippen LogP contribution in [0.15, 0.2) is 42.7 Å². The van der Waals surface area contributed by atoms with Crippen LogP contribution in [0.1, 0.15) is 6.92 Å². The van der Waals surface area contributed by atoms with Gasteiger partial charge >= 0.3 is 0 Å². The third kappa shape index (κ3) is 3.97. The van der Waals surface area contributed by atoms with Crippen molar-refractivity contribution in [1.82, 2.24) is 15.1 Å². The number of nitrogens with zero attached hydrogens (tertiary/aromatic N) is 3. The Labute approximate surface area is 145 Å². The van der Waals surface area contributed by atoms with Crippen LogP contribution in [0, 0.1) is 0 Å².